The van der Waals surface area contributed by atoms with Gasteiger partial charge in [-0.05, 0) is 18.2 Å². The molecule has 0 aliphatic carbocycles. The molecule has 0 heterocycles. The fourth-order valence-electron chi connectivity index (χ4n) is 2.09. The number of nitrogens with one attached hydrogen (secondary N) is 1. The molecule has 0 fully saturated rings. The van der Waals surface area contributed by atoms with Crippen LogP contribution in [0.4, 0.5) is 14.5 Å². The summed E-state index contributed by atoms with van der Waals surface area (Å²) in [5.41, 5.74) is 1.97. The number of hydrazone groups is 1. The lowest BCUT2D eigenvalue weighted by molar-refractivity contribution is -0.385. The van der Waals surface area contributed by atoms with Gasteiger partial charge in [0.05, 0.1) is 18.2 Å². The normalized spacial score (nSPS) is 10.7. The molecule has 0 radical (unpaired) electrons. The molecule has 2 rings (SSSR count). The van der Waals surface area contributed by atoms with E-state index in [0.717, 1.165) is 6.21 Å². The lowest BCUT2D eigenvalue weighted by Gasteiger charge is -2.12. The number of alkyl halides is 2. The molecular formula is C17H15F2N3O6. The highest BCUT2D eigenvalue weighted by Gasteiger charge is 2.16. The molecule has 0 saturated carbocycles. The second-order valence-corrected chi connectivity index (χ2v) is 5.06. The van der Waals surface area contributed by atoms with Crippen LogP contribution in [0.5, 0.6) is 17.2 Å². The monoisotopic (exact) mass is 395 g/mol. The molecule has 1 N–H and O–H groups in total. The molecule has 148 valence electrons. The zero-order valence-corrected chi connectivity index (χ0v) is 14.5. The number of carbonyl (C=O) groups is 1. The summed E-state index contributed by atoms with van der Waals surface area (Å²) in [6, 6.07) is 9.94. The van der Waals surface area contributed by atoms with E-state index in [1.54, 1.807) is 0 Å². The SMILES string of the molecule is COc1cccc(/C=N\NC(=O)COc2ccccc2[N+](=O)[O-])c1OC(F)F. The van der Waals surface area contributed by atoms with E-state index < -0.39 is 24.0 Å². The Morgan fingerprint density at radius 2 is 1.96 bits per heavy atom. The van der Waals surface area contributed by atoms with Crippen LogP contribution in [-0.4, -0.2) is 37.4 Å². The van der Waals surface area contributed by atoms with Gasteiger partial charge in [0.15, 0.2) is 23.9 Å². The number of nitro benzene ring substituents is 1. The summed E-state index contributed by atoms with van der Waals surface area (Å²) in [4.78, 5) is 22.0. The Balaban J connectivity index is 2.00. The van der Waals surface area contributed by atoms with Crippen LogP contribution in [0.15, 0.2) is 47.6 Å². The summed E-state index contributed by atoms with van der Waals surface area (Å²) in [7, 11) is 1.29. The number of rotatable bonds is 9. The highest BCUT2D eigenvalue weighted by atomic mass is 19.3. The standard InChI is InChI=1S/C17H15F2N3O6/c1-26-14-8-4-5-11(16(14)28-17(18)19)9-20-21-15(23)10-27-13-7-3-2-6-12(13)22(24)25/h2-9,17H,10H2,1H3,(H,21,23)/b20-9-. The van der Waals surface area contributed by atoms with E-state index in [1.165, 1.54) is 49.6 Å². The lowest BCUT2D eigenvalue weighted by atomic mass is 10.2. The molecule has 9 nitrogen and oxygen atoms in total. The molecule has 2 aromatic carbocycles. The van der Waals surface area contributed by atoms with Crippen LogP contribution in [0.3, 0.4) is 0 Å². The zero-order chi connectivity index (χ0) is 20.5. The van der Waals surface area contributed by atoms with E-state index in [9.17, 15) is 23.7 Å². The van der Waals surface area contributed by atoms with Crippen LogP contribution in [0, 0.1) is 10.1 Å². The average Bonchev–Trinajstić information content (AvgIpc) is 2.67. The van der Waals surface area contributed by atoms with Crippen LogP contribution < -0.4 is 19.6 Å². The maximum Gasteiger partial charge on any atom is 0.387 e. The minimum atomic E-state index is -3.08. The summed E-state index contributed by atoms with van der Waals surface area (Å²) in [6.07, 6.45) is 1.09. The third-order valence-corrected chi connectivity index (χ3v) is 3.25. The first-order valence-corrected chi connectivity index (χ1v) is 7.72. The minimum Gasteiger partial charge on any atom is -0.493 e. The number of ether oxygens (including phenoxy) is 3. The van der Waals surface area contributed by atoms with E-state index in [-0.39, 0.29) is 28.5 Å². The van der Waals surface area contributed by atoms with Gasteiger partial charge in [0, 0.05) is 11.6 Å². The first kappa shape index (κ1) is 20.6. The Bertz CT molecular complexity index is 876. The van der Waals surface area contributed by atoms with Crippen molar-refractivity contribution >= 4 is 17.8 Å². The Kier molecular flexibility index (Phi) is 7.20. The number of nitro groups is 1. The lowest BCUT2D eigenvalue weighted by Crippen LogP contribution is -2.24. The van der Waals surface area contributed by atoms with Crippen LogP contribution in [0.2, 0.25) is 0 Å². The Morgan fingerprint density at radius 1 is 1.25 bits per heavy atom. The number of carbonyl (C=O) groups excluding carboxylic acids is 1. The van der Waals surface area contributed by atoms with Crippen molar-refractivity contribution in [2.75, 3.05) is 13.7 Å². The van der Waals surface area contributed by atoms with E-state index in [0.29, 0.717) is 0 Å². The maximum atomic E-state index is 12.6. The summed E-state index contributed by atoms with van der Waals surface area (Å²) in [5.74, 6) is -0.967. The largest absolute Gasteiger partial charge is 0.493 e. The van der Waals surface area contributed by atoms with Crippen LogP contribution in [0.1, 0.15) is 5.56 Å². The first-order valence-electron chi connectivity index (χ1n) is 7.72. The molecule has 2 aromatic rings. The minimum absolute atomic E-state index is 0.0651. The Labute approximate surface area is 157 Å². The predicted octanol–water partition coefficient (Wildman–Crippen LogP) is 2.73. The molecule has 0 aliphatic heterocycles. The highest BCUT2D eigenvalue weighted by Crippen LogP contribution is 2.31. The third-order valence-electron chi connectivity index (χ3n) is 3.25. The topological polar surface area (TPSA) is 112 Å². The second kappa shape index (κ2) is 9.80. The fourth-order valence-corrected chi connectivity index (χ4v) is 2.09. The van der Waals surface area contributed by atoms with Gasteiger partial charge in [-0.3, -0.25) is 14.9 Å². The number of hydrogen-bond donors (Lipinski definition) is 1. The summed E-state index contributed by atoms with van der Waals surface area (Å²) < 4.78 is 39.6. The average molecular weight is 395 g/mol. The van der Waals surface area contributed by atoms with Crippen LogP contribution in [0.25, 0.3) is 0 Å². The molecule has 0 bridgehead atoms. The molecule has 0 spiro atoms. The van der Waals surface area contributed by atoms with Gasteiger partial charge in [-0.2, -0.15) is 13.9 Å². The molecule has 0 unspecified atom stereocenters. The number of benzene rings is 2. The van der Waals surface area contributed by atoms with Gasteiger partial charge in [-0.25, -0.2) is 5.43 Å². The number of nitrogens with zero attached hydrogens (tertiary/aromatic N) is 2. The number of amides is 1. The van der Waals surface area contributed by atoms with Crippen molar-refractivity contribution in [1.29, 1.82) is 0 Å². The van der Waals surface area contributed by atoms with E-state index in [4.69, 9.17) is 9.47 Å². The summed E-state index contributed by atoms with van der Waals surface area (Å²) in [5, 5.41) is 14.5. The van der Waals surface area contributed by atoms with Crippen LogP contribution >= 0.6 is 0 Å². The van der Waals surface area contributed by atoms with E-state index >= 15 is 0 Å². The maximum absolute atomic E-state index is 12.6. The van der Waals surface area contributed by atoms with Crippen molar-refractivity contribution in [3.05, 3.63) is 58.1 Å². The number of hydrogen-bond acceptors (Lipinski definition) is 7. The number of para-hydroxylation sites is 3. The van der Waals surface area contributed by atoms with Crippen molar-refractivity contribution in [3.63, 3.8) is 0 Å². The van der Waals surface area contributed by atoms with Gasteiger partial charge in [-0.15, -0.1) is 0 Å². The summed E-state index contributed by atoms with van der Waals surface area (Å²) in [6.45, 7) is -3.62. The van der Waals surface area contributed by atoms with Gasteiger partial charge in [0.25, 0.3) is 5.91 Å². The van der Waals surface area contributed by atoms with Gasteiger partial charge >= 0.3 is 12.3 Å². The molecule has 0 aliphatic rings. The third kappa shape index (κ3) is 5.62. The molecule has 1 amide bonds. The van der Waals surface area contributed by atoms with Gasteiger partial charge in [0.2, 0.25) is 0 Å². The van der Waals surface area contributed by atoms with Gasteiger partial charge in [-0.1, -0.05) is 18.2 Å². The zero-order valence-electron chi connectivity index (χ0n) is 14.5. The van der Waals surface area contributed by atoms with Crippen molar-refractivity contribution in [2.24, 2.45) is 5.10 Å². The number of methoxy groups -OCH3 is 1. The molecule has 0 atom stereocenters. The number of halogens is 2. The first-order chi connectivity index (χ1) is 13.4. The molecule has 0 aromatic heterocycles. The van der Waals surface area contributed by atoms with E-state index in [1.807, 2.05) is 0 Å². The van der Waals surface area contributed by atoms with Crippen molar-refractivity contribution in [1.82, 2.24) is 5.43 Å². The van der Waals surface area contributed by atoms with Gasteiger partial charge < -0.3 is 14.2 Å². The van der Waals surface area contributed by atoms with Crippen molar-refractivity contribution in [2.45, 2.75) is 6.61 Å². The Morgan fingerprint density at radius 3 is 2.64 bits per heavy atom. The van der Waals surface area contributed by atoms with Crippen LogP contribution in [-0.2, 0) is 4.79 Å². The quantitative estimate of drug-likeness (QED) is 0.397. The van der Waals surface area contributed by atoms with Crippen molar-refractivity contribution < 1.29 is 32.7 Å². The van der Waals surface area contributed by atoms with Gasteiger partial charge in [0.1, 0.15) is 0 Å². The summed E-state index contributed by atoms with van der Waals surface area (Å²) >= 11 is 0. The molecule has 28 heavy (non-hydrogen) atoms. The van der Waals surface area contributed by atoms with E-state index in [2.05, 4.69) is 15.3 Å². The smallest absolute Gasteiger partial charge is 0.387 e. The fraction of sp³-hybridized carbons (Fsp3) is 0.176. The molecule has 0 saturated heterocycles. The molecule has 11 heteroatoms. The Hall–Kier alpha value is -3.76. The molecular weight excluding hydrogens is 380 g/mol. The van der Waals surface area contributed by atoms with Crippen molar-refractivity contribution in [3.8, 4) is 17.2 Å². The second-order valence-electron chi connectivity index (χ2n) is 5.06. The predicted molar refractivity (Wildman–Crippen MR) is 94.0 cm³/mol. The highest BCUT2D eigenvalue weighted by molar-refractivity contribution is 5.86.